The van der Waals surface area contributed by atoms with Crippen molar-refractivity contribution in [1.82, 2.24) is 0 Å². The van der Waals surface area contributed by atoms with Crippen molar-refractivity contribution in [2.45, 2.75) is 57.4 Å². The molecule has 1 saturated carbocycles. The molecule has 0 bridgehead atoms. The zero-order valence-electron chi connectivity index (χ0n) is 11.5. The van der Waals surface area contributed by atoms with Gasteiger partial charge in [0.1, 0.15) is 5.78 Å². The number of carbonyl (C=O) groups excluding carboxylic acids is 1. The maximum absolute atomic E-state index is 12.3. The lowest BCUT2D eigenvalue weighted by Crippen LogP contribution is -2.30. The van der Waals surface area contributed by atoms with Gasteiger partial charge in [0.2, 0.25) is 0 Å². The monoisotopic (exact) mass is 257 g/mol. The van der Waals surface area contributed by atoms with Crippen LogP contribution in [0.1, 0.15) is 48.8 Å². The van der Waals surface area contributed by atoms with E-state index in [1.165, 1.54) is 36.0 Å². The first-order chi connectivity index (χ1) is 9.22. The Hall–Kier alpha value is -1.15. The van der Waals surface area contributed by atoms with Crippen molar-refractivity contribution in [3.8, 4) is 0 Å². The summed E-state index contributed by atoms with van der Waals surface area (Å²) in [5.41, 5.74) is 10.1. The topological polar surface area (TPSA) is 43.1 Å². The second-order valence-electron chi connectivity index (χ2n) is 6.21. The number of hydrogen-bond acceptors (Lipinski definition) is 2. The Kier molecular flexibility index (Phi) is 3.69. The minimum Gasteiger partial charge on any atom is -0.328 e. The minimum absolute atomic E-state index is 0.257. The van der Waals surface area contributed by atoms with Crippen LogP contribution in [-0.4, -0.2) is 11.8 Å². The van der Waals surface area contributed by atoms with Gasteiger partial charge < -0.3 is 5.73 Å². The number of carbonyl (C=O) groups is 1. The molecule has 0 amide bonds. The average molecular weight is 257 g/mol. The van der Waals surface area contributed by atoms with Gasteiger partial charge in [-0.3, -0.25) is 4.79 Å². The zero-order valence-corrected chi connectivity index (χ0v) is 11.5. The van der Waals surface area contributed by atoms with Crippen LogP contribution < -0.4 is 5.73 Å². The highest BCUT2D eigenvalue weighted by molar-refractivity contribution is 5.83. The number of nitrogens with two attached hydrogens (primary N) is 1. The first-order valence-corrected chi connectivity index (χ1v) is 7.61. The van der Waals surface area contributed by atoms with Gasteiger partial charge in [-0.2, -0.15) is 0 Å². The van der Waals surface area contributed by atoms with Crippen molar-refractivity contribution in [3.05, 3.63) is 34.9 Å². The third kappa shape index (κ3) is 2.89. The molecule has 1 aromatic rings. The number of ketones is 1. The molecule has 2 N–H and O–H groups in total. The van der Waals surface area contributed by atoms with Crippen molar-refractivity contribution in [2.24, 2.45) is 11.7 Å². The Morgan fingerprint density at radius 3 is 2.63 bits per heavy atom. The smallest absolute Gasteiger partial charge is 0.140 e. The summed E-state index contributed by atoms with van der Waals surface area (Å²) >= 11 is 0. The van der Waals surface area contributed by atoms with Gasteiger partial charge >= 0.3 is 0 Å². The Labute approximate surface area is 115 Å². The van der Waals surface area contributed by atoms with E-state index < -0.39 is 0 Å². The predicted molar refractivity (Wildman–Crippen MR) is 77.1 cm³/mol. The van der Waals surface area contributed by atoms with E-state index in [-0.39, 0.29) is 5.92 Å². The van der Waals surface area contributed by atoms with E-state index in [1.807, 2.05) is 0 Å². The summed E-state index contributed by atoms with van der Waals surface area (Å²) in [5.74, 6) is 0.679. The van der Waals surface area contributed by atoms with E-state index in [4.69, 9.17) is 5.73 Å². The third-order valence-corrected chi connectivity index (χ3v) is 4.77. The van der Waals surface area contributed by atoms with Crippen LogP contribution in [0.2, 0.25) is 0 Å². The van der Waals surface area contributed by atoms with Gasteiger partial charge in [-0.25, -0.2) is 0 Å². The quantitative estimate of drug-likeness (QED) is 0.904. The molecule has 0 spiro atoms. The number of hydrogen-bond donors (Lipinski definition) is 1. The lowest BCUT2D eigenvalue weighted by molar-refractivity contribution is -0.123. The maximum Gasteiger partial charge on any atom is 0.140 e. The van der Waals surface area contributed by atoms with Crippen LogP contribution in [0.4, 0.5) is 0 Å². The summed E-state index contributed by atoms with van der Waals surface area (Å²) in [6.07, 6.45) is 8.30. The van der Waals surface area contributed by atoms with Gasteiger partial charge in [0.25, 0.3) is 0 Å². The van der Waals surface area contributed by atoms with Crippen molar-refractivity contribution in [2.75, 3.05) is 0 Å². The number of rotatable bonds is 3. The van der Waals surface area contributed by atoms with Crippen LogP contribution in [0.3, 0.4) is 0 Å². The molecule has 0 saturated heterocycles. The highest BCUT2D eigenvalue weighted by Crippen LogP contribution is 2.27. The normalized spacial score (nSPS) is 26.2. The van der Waals surface area contributed by atoms with Crippen LogP contribution in [0.25, 0.3) is 0 Å². The molecule has 0 heterocycles. The first-order valence-electron chi connectivity index (χ1n) is 7.61. The van der Waals surface area contributed by atoms with E-state index in [1.54, 1.807) is 0 Å². The number of aryl methyl sites for hydroxylation is 2. The Bertz CT molecular complexity index is 472. The van der Waals surface area contributed by atoms with Crippen LogP contribution in [0.15, 0.2) is 18.2 Å². The average Bonchev–Trinajstić information content (AvgIpc) is 2.87. The fourth-order valence-electron chi connectivity index (χ4n) is 3.52. The standard InChI is InChI=1S/C17H23NO/c18-16-8-6-14(7-9-16)17(19)11-12-4-5-13-2-1-3-15(13)10-12/h4-5,10,14,16H,1-3,6-9,11,18H2. The van der Waals surface area contributed by atoms with Gasteiger partial charge in [0.05, 0.1) is 0 Å². The molecule has 2 aliphatic carbocycles. The van der Waals surface area contributed by atoms with Gasteiger partial charge in [-0.1, -0.05) is 18.2 Å². The second-order valence-corrected chi connectivity index (χ2v) is 6.21. The summed E-state index contributed by atoms with van der Waals surface area (Å²) < 4.78 is 0. The molecule has 0 aliphatic heterocycles. The van der Waals surface area contributed by atoms with Crippen molar-refractivity contribution >= 4 is 5.78 Å². The van der Waals surface area contributed by atoms with Crippen molar-refractivity contribution in [1.29, 1.82) is 0 Å². The molecule has 1 aromatic carbocycles. The van der Waals surface area contributed by atoms with Gasteiger partial charge in [0, 0.05) is 18.4 Å². The molecule has 0 radical (unpaired) electrons. The van der Waals surface area contributed by atoms with E-state index >= 15 is 0 Å². The van der Waals surface area contributed by atoms with E-state index in [0.29, 0.717) is 18.2 Å². The van der Waals surface area contributed by atoms with Gasteiger partial charge in [-0.05, 0) is 61.6 Å². The maximum atomic E-state index is 12.3. The minimum atomic E-state index is 0.257. The molecule has 19 heavy (non-hydrogen) atoms. The fraction of sp³-hybridized carbons (Fsp3) is 0.588. The molecule has 3 rings (SSSR count). The molecule has 2 heteroatoms. The second kappa shape index (κ2) is 5.46. The summed E-state index contributed by atoms with van der Waals surface area (Å²) in [5, 5.41) is 0. The Balaban J connectivity index is 1.63. The number of fused-ring (bicyclic) bond motifs is 1. The van der Waals surface area contributed by atoms with Gasteiger partial charge in [-0.15, -0.1) is 0 Å². The Morgan fingerprint density at radius 2 is 1.84 bits per heavy atom. The number of benzene rings is 1. The summed E-state index contributed by atoms with van der Waals surface area (Å²) in [4.78, 5) is 12.3. The molecule has 2 nitrogen and oxygen atoms in total. The molecular weight excluding hydrogens is 234 g/mol. The fourth-order valence-corrected chi connectivity index (χ4v) is 3.52. The highest BCUT2D eigenvalue weighted by Gasteiger charge is 2.24. The summed E-state index contributed by atoms with van der Waals surface area (Å²) in [7, 11) is 0. The van der Waals surface area contributed by atoms with Crippen LogP contribution in [0.5, 0.6) is 0 Å². The summed E-state index contributed by atoms with van der Waals surface area (Å²) in [6, 6.07) is 6.96. The van der Waals surface area contributed by atoms with Crippen molar-refractivity contribution in [3.63, 3.8) is 0 Å². The number of Topliss-reactive ketones (excluding diaryl/α,β-unsaturated/α-hetero) is 1. The van der Waals surface area contributed by atoms with Gasteiger partial charge in [0.15, 0.2) is 0 Å². The molecule has 102 valence electrons. The lowest BCUT2D eigenvalue weighted by Gasteiger charge is -2.25. The molecule has 0 atom stereocenters. The third-order valence-electron chi connectivity index (χ3n) is 4.77. The Morgan fingerprint density at radius 1 is 1.11 bits per heavy atom. The van der Waals surface area contributed by atoms with Crippen LogP contribution >= 0.6 is 0 Å². The van der Waals surface area contributed by atoms with Crippen LogP contribution in [-0.2, 0) is 24.1 Å². The summed E-state index contributed by atoms with van der Waals surface area (Å²) in [6.45, 7) is 0. The van der Waals surface area contributed by atoms with E-state index in [2.05, 4.69) is 18.2 Å². The predicted octanol–water partition coefficient (Wildman–Crippen LogP) is 2.80. The largest absolute Gasteiger partial charge is 0.328 e. The van der Waals surface area contributed by atoms with Crippen LogP contribution in [0, 0.1) is 5.92 Å². The SMILES string of the molecule is NC1CCC(C(=O)Cc2ccc3c(c2)CCC3)CC1. The molecule has 2 aliphatic rings. The first kappa shape index (κ1) is 12.9. The van der Waals surface area contributed by atoms with E-state index in [9.17, 15) is 4.79 Å². The molecular formula is C17H23NO. The molecule has 0 unspecified atom stereocenters. The zero-order chi connectivity index (χ0) is 13.2. The molecule has 0 aromatic heterocycles. The highest BCUT2D eigenvalue weighted by atomic mass is 16.1. The molecule has 1 fully saturated rings. The van der Waals surface area contributed by atoms with Crippen molar-refractivity contribution < 1.29 is 4.79 Å². The van der Waals surface area contributed by atoms with E-state index in [0.717, 1.165) is 25.7 Å². The lowest BCUT2D eigenvalue weighted by atomic mass is 9.82.